The number of nitrogen functional groups attached to an aromatic ring is 1. The van der Waals surface area contributed by atoms with Crippen molar-refractivity contribution in [2.24, 2.45) is 0 Å². The highest BCUT2D eigenvalue weighted by atomic mass is 16.2. The lowest BCUT2D eigenvalue weighted by Crippen LogP contribution is -2.42. The van der Waals surface area contributed by atoms with Crippen molar-refractivity contribution < 1.29 is 4.79 Å². The monoisotopic (exact) mass is 290 g/mol. The minimum absolute atomic E-state index is 0.00685. The lowest BCUT2D eigenvalue weighted by Gasteiger charge is -2.27. The highest BCUT2D eigenvalue weighted by Crippen LogP contribution is 2.22. The molecule has 0 saturated carbocycles. The van der Waals surface area contributed by atoms with Crippen LogP contribution in [0.5, 0.6) is 0 Å². The van der Waals surface area contributed by atoms with E-state index in [0.29, 0.717) is 18.3 Å². The molecular weight excluding hydrogens is 264 g/mol. The number of rotatable bonds is 3. The lowest BCUT2D eigenvalue weighted by atomic mass is 10.1. The number of likely N-dealkylation sites (N-methyl/N-ethyl adjacent to an activating group) is 1. The van der Waals surface area contributed by atoms with Crippen LogP contribution in [0.2, 0.25) is 0 Å². The maximum atomic E-state index is 12.3. The summed E-state index contributed by atoms with van der Waals surface area (Å²) in [6.45, 7) is 7.60. The third kappa shape index (κ3) is 4.19. The van der Waals surface area contributed by atoms with E-state index >= 15 is 0 Å². The van der Waals surface area contributed by atoms with E-state index in [1.807, 2.05) is 25.1 Å². The normalized spacial score (nSPS) is 21.0. The second-order valence-electron chi connectivity index (χ2n) is 6.02. The van der Waals surface area contributed by atoms with Crippen LogP contribution in [-0.2, 0) is 4.79 Å². The van der Waals surface area contributed by atoms with E-state index in [1.54, 1.807) is 0 Å². The number of nitrogens with one attached hydrogen (secondary N) is 1. The maximum Gasteiger partial charge on any atom is 0.238 e. The van der Waals surface area contributed by atoms with Gasteiger partial charge in [0.2, 0.25) is 5.91 Å². The van der Waals surface area contributed by atoms with Gasteiger partial charge in [-0.1, -0.05) is 12.1 Å². The summed E-state index contributed by atoms with van der Waals surface area (Å²) in [5, 5.41) is 2.96. The van der Waals surface area contributed by atoms with Crippen LogP contribution in [0.15, 0.2) is 18.2 Å². The van der Waals surface area contributed by atoms with Gasteiger partial charge >= 0.3 is 0 Å². The fourth-order valence-electron chi connectivity index (χ4n) is 2.88. The summed E-state index contributed by atoms with van der Waals surface area (Å²) in [5.41, 5.74) is 8.29. The van der Waals surface area contributed by atoms with Gasteiger partial charge in [0.1, 0.15) is 0 Å². The average molecular weight is 290 g/mol. The first-order valence-corrected chi connectivity index (χ1v) is 7.55. The SMILES string of the molecule is Cc1cccc(N)c1NC(=O)CN1CCCN(C)CC1C. The van der Waals surface area contributed by atoms with E-state index < -0.39 is 0 Å². The first kappa shape index (κ1) is 15.8. The number of nitrogens with zero attached hydrogens (tertiary/aromatic N) is 2. The Hall–Kier alpha value is -1.59. The second kappa shape index (κ2) is 6.91. The average Bonchev–Trinajstić information content (AvgIpc) is 2.56. The Labute approximate surface area is 127 Å². The van der Waals surface area contributed by atoms with E-state index in [9.17, 15) is 4.79 Å². The van der Waals surface area contributed by atoms with Gasteiger partial charge in [0.05, 0.1) is 17.9 Å². The molecule has 1 aliphatic heterocycles. The number of carbonyl (C=O) groups excluding carboxylic acids is 1. The molecule has 0 aliphatic carbocycles. The van der Waals surface area contributed by atoms with Crippen LogP contribution in [0.1, 0.15) is 18.9 Å². The van der Waals surface area contributed by atoms with Gasteiger partial charge in [0.25, 0.3) is 0 Å². The van der Waals surface area contributed by atoms with Gasteiger partial charge in [-0.25, -0.2) is 0 Å². The summed E-state index contributed by atoms with van der Waals surface area (Å²) < 4.78 is 0. The molecule has 0 spiro atoms. The molecule has 0 radical (unpaired) electrons. The Morgan fingerprint density at radius 1 is 1.43 bits per heavy atom. The third-order valence-electron chi connectivity index (χ3n) is 4.10. The smallest absolute Gasteiger partial charge is 0.238 e. The summed E-state index contributed by atoms with van der Waals surface area (Å²) in [4.78, 5) is 16.9. The molecule has 1 aromatic carbocycles. The van der Waals surface area contributed by atoms with Gasteiger partial charge in [-0.2, -0.15) is 0 Å². The molecule has 116 valence electrons. The summed E-state index contributed by atoms with van der Waals surface area (Å²) in [5.74, 6) is 0.00685. The van der Waals surface area contributed by atoms with Crippen LogP contribution in [0.25, 0.3) is 0 Å². The Morgan fingerprint density at radius 3 is 2.90 bits per heavy atom. The standard InChI is InChI=1S/C16H26N4O/c1-12-6-4-7-14(17)16(12)18-15(21)11-20-9-5-8-19(3)10-13(20)2/h4,6-7,13H,5,8-11,17H2,1-3H3,(H,18,21). The summed E-state index contributed by atoms with van der Waals surface area (Å²) in [6, 6.07) is 6.05. The van der Waals surface area contributed by atoms with Crippen molar-refractivity contribution in [2.75, 3.05) is 44.3 Å². The molecule has 1 amide bonds. The zero-order valence-electron chi connectivity index (χ0n) is 13.2. The van der Waals surface area contributed by atoms with Gasteiger partial charge < -0.3 is 16.0 Å². The van der Waals surface area contributed by atoms with E-state index in [1.165, 1.54) is 0 Å². The van der Waals surface area contributed by atoms with E-state index in [2.05, 4.69) is 29.1 Å². The van der Waals surface area contributed by atoms with E-state index in [4.69, 9.17) is 5.73 Å². The molecule has 5 nitrogen and oxygen atoms in total. The van der Waals surface area contributed by atoms with Crippen molar-refractivity contribution in [3.05, 3.63) is 23.8 Å². The first-order valence-electron chi connectivity index (χ1n) is 7.55. The largest absolute Gasteiger partial charge is 0.397 e. The molecule has 2 rings (SSSR count). The molecule has 0 bridgehead atoms. The van der Waals surface area contributed by atoms with Crippen LogP contribution < -0.4 is 11.1 Å². The van der Waals surface area contributed by atoms with Gasteiger partial charge in [-0.15, -0.1) is 0 Å². The molecule has 1 aliphatic rings. The molecular formula is C16H26N4O. The van der Waals surface area contributed by atoms with Crippen LogP contribution in [0, 0.1) is 6.92 Å². The Balaban J connectivity index is 1.98. The molecule has 3 N–H and O–H groups in total. The lowest BCUT2D eigenvalue weighted by molar-refractivity contribution is -0.117. The third-order valence-corrected chi connectivity index (χ3v) is 4.10. The zero-order valence-corrected chi connectivity index (χ0v) is 13.2. The molecule has 5 heteroatoms. The fraction of sp³-hybridized carbons (Fsp3) is 0.562. The van der Waals surface area contributed by atoms with Crippen LogP contribution in [0.4, 0.5) is 11.4 Å². The fourth-order valence-corrected chi connectivity index (χ4v) is 2.88. The molecule has 1 unspecified atom stereocenters. The van der Waals surface area contributed by atoms with Gasteiger partial charge in [0.15, 0.2) is 0 Å². The Bertz CT molecular complexity index is 483. The topological polar surface area (TPSA) is 61.6 Å². The van der Waals surface area contributed by atoms with Gasteiger partial charge in [-0.3, -0.25) is 9.69 Å². The molecule has 1 heterocycles. The molecule has 21 heavy (non-hydrogen) atoms. The van der Waals surface area contributed by atoms with Crippen molar-refractivity contribution in [1.82, 2.24) is 9.80 Å². The predicted octanol–water partition coefficient (Wildman–Crippen LogP) is 1.54. The quantitative estimate of drug-likeness (QED) is 0.829. The van der Waals surface area contributed by atoms with Gasteiger partial charge in [-0.05, 0) is 45.5 Å². The summed E-state index contributed by atoms with van der Waals surface area (Å²) in [7, 11) is 2.13. The van der Waals surface area contributed by atoms with E-state index in [0.717, 1.165) is 37.3 Å². The van der Waals surface area contributed by atoms with Crippen molar-refractivity contribution in [3.63, 3.8) is 0 Å². The highest BCUT2D eigenvalue weighted by molar-refractivity contribution is 5.96. The van der Waals surface area contributed by atoms with Crippen molar-refractivity contribution in [3.8, 4) is 0 Å². The number of aryl methyl sites for hydroxylation is 1. The Kier molecular flexibility index (Phi) is 5.20. The number of anilines is 2. The number of amides is 1. The predicted molar refractivity (Wildman–Crippen MR) is 87.4 cm³/mol. The molecule has 1 aromatic rings. The summed E-state index contributed by atoms with van der Waals surface area (Å²) >= 11 is 0. The van der Waals surface area contributed by atoms with Crippen LogP contribution in [-0.4, -0.2) is 55.0 Å². The van der Waals surface area contributed by atoms with Crippen LogP contribution >= 0.6 is 0 Å². The van der Waals surface area contributed by atoms with Crippen LogP contribution in [0.3, 0.4) is 0 Å². The van der Waals surface area contributed by atoms with E-state index in [-0.39, 0.29) is 5.91 Å². The number of benzene rings is 1. The highest BCUT2D eigenvalue weighted by Gasteiger charge is 2.21. The van der Waals surface area contributed by atoms with Crippen molar-refractivity contribution in [2.45, 2.75) is 26.3 Å². The second-order valence-corrected chi connectivity index (χ2v) is 6.02. The van der Waals surface area contributed by atoms with Gasteiger partial charge in [0, 0.05) is 19.1 Å². The number of nitrogens with two attached hydrogens (primary N) is 1. The van der Waals surface area contributed by atoms with Crippen molar-refractivity contribution >= 4 is 17.3 Å². The molecule has 1 fully saturated rings. The molecule has 1 atom stereocenters. The molecule has 0 aromatic heterocycles. The zero-order chi connectivity index (χ0) is 15.4. The number of hydrogen-bond acceptors (Lipinski definition) is 4. The number of carbonyl (C=O) groups is 1. The van der Waals surface area contributed by atoms with Crippen molar-refractivity contribution in [1.29, 1.82) is 0 Å². The maximum absolute atomic E-state index is 12.3. The number of para-hydroxylation sites is 1. The number of hydrogen-bond donors (Lipinski definition) is 2. The molecule has 1 saturated heterocycles. The summed E-state index contributed by atoms with van der Waals surface area (Å²) in [6.07, 6.45) is 1.10. The minimum atomic E-state index is 0.00685. The minimum Gasteiger partial charge on any atom is -0.397 e. The first-order chi connectivity index (χ1) is 9.97. The Morgan fingerprint density at radius 2 is 2.19 bits per heavy atom.